The van der Waals surface area contributed by atoms with E-state index in [1.807, 2.05) is 0 Å². The average molecular weight is 211 g/mol. The SMILES string of the molecule is CCCC/C=C(\CC(=O)OCC)N=[N+]=[N-]. The molecule has 0 amide bonds. The van der Waals surface area contributed by atoms with E-state index in [1.54, 1.807) is 13.0 Å². The maximum Gasteiger partial charge on any atom is 0.310 e. The van der Waals surface area contributed by atoms with Crippen LogP contribution in [0.2, 0.25) is 0 Å². The zero-order valence-electron chi connectivity index (χ0n) is 9.27. The molecular weight excluding hydrogens is 194 g/mol. The fraction of sp³-hybridized carbons (Fsp3) is 0.700. The summed E-state index contributed by atoms with van der Waals surface area (Å²) in [6.07, 6.45) is 4.76. The molecule has 0 fully saturated rings. The molecule has 5 heteroatoms. The van der Waals surface area contributed by atoms with Crippen LogP contribution in [0.4, 0.5) is 0 Å². The average Bonchev–Trinajstić information content (AvgIpc) is 2.18. The molecule has 0 bridgehead atoms. The van der Waals surface area contributed by atoms with Crippen molar-refractivity contribution >= 4 is 5.97 Å². The predicted octanol–water partition coefficient (Wildman–Crippen LogP) is 3.32. The highest BCUT2D eigenvalue weighted by Gasteiger charge is 2.04. The lowest BCUT2D eigenvalue weighted by atomic mass is 10.2. The molecule has 0 unspecified atom stereocenters. The second kappa shape index (κ2) is 9.09. The van der Waals surface area contributed by atoms with E-state index in [2.05, 4.69) is 16.9 Å². The Kier molecular flexibility index (Phi) is 8.19. The van der Waals surface area contributed by atoms with Gasteiger partial charge in [0.1, 0.15) is 0 Å². The fourth-order valence-electron chi connectivity index (χ4n) is 1.04. The first-order chi connectivity index (χ1) is 7.24. The summed E-state index contributed by atoms with van der Waals surface area (Å²) in [6.45, 7) is 4.16. The van der Waals surface area contributed by atoms with E-state index in [1.165, 1.54) is 0 Å². The van der Waals surface area contributed by atoms with Crippen LogP contribution in [0.1, 0.15) is 39.5 Å². The predicted molar refractivity (Wildman–Crippen MR) is 58.0 cm³/mol. The van der Waals surface area contributed by atoms with Crippen molar-refractivity contribution in [2.75, 3.05) is 6.61 Å². The Morgan fingerprint density at radius 2 is 2.27 bits per heavy atom. The van der Waals surface area contributed by atoms with Crippen molar-refractivity contribution in [1.82, 2.24) is 0 Å². The summed E-state index contributed by atoms with van der Waals surface area (Å²) in [5.74, 6) is -0.354. The molecule has 0 aliphatic heterocycles. The van der Waals surface area contributed by atoms with Gasteiger partial charge in [-0.25, -0.2) is 0 Å². The number of allylic oxidation sites excluding steroid dienone is 1. The van der Waals surface area contributed by atoms with Gasteiger partial charge in [-0.1, -0.05) is 31.0 Å². The Hall–Kier alpha value is -1.48. The number of hydrogen-bond acceptors (Lipinski definition) is 3. The van der Waals surface area contributed by atoms with Gasteiger partial charge in [-0.05, 0) is 18.9 Å². The molecule has 0 N–H and O–H groups in total. The van der Waals surface area contributed by atoms with Gasteiger partial charge in [0.05, 0.1) is 13.0 Å². The first-order valence-electron chi connectivity index (χ1n) is 5.14. The summed E-state index contributed by atoms with van der Waals surface area (Å²) in [7, 11) is 0. The molecule has 0 heterocycles. The van der Waals surface area contributed by atoms with Crippen LogP contribution in [-0.2, 0) is 9.53 Å². The normalized spacial score (nSPS) is 10.7. The van der Waals surface area contributed by atoms with Gasteiger partial charge < -0.3 is 4.74 Å². The van der Waals surface area contributed by atoms with E-state index >= 15 is 0 Å². The number of unbranched alkanes of at least 4 members (excludes halogenated alkanes) is 2. The Bertz CT molecular complexity index is 268. The van der Waals surface area contributed by atoms with Crippen molar-refractivity contribution in [2.24, 2.45) is 5.11 Å². The van der Waals surface area contributed by atoms with Crippen LogP contribution >= 0.6 is 0 Å². The summed E-state index contributed by atoms with van der Waals surface area (Å²) < 4.78 is 4.76. The van der Waals surface area contributed by atoms with Crippen LogP contribution in [0.15, 0.2) is 16.9 Å². The second-order valence-corrected chi connectivity index (χ2v) is 3.01. The van der Waals surface area contributed by atoms with Gasteiger partial charge in [-0.3, -0.25) is 4.79 Å². The summed E-state index contributed by atoms with van der Waals surface area (Å²) in [5, 5.41) is 3.46. The molecule has 5 nitrogen and oxygen atoms in total. The van der Waals surface area contributed by atoms with Crippen LogP contribution in [0.3, 0.4) is 0 Å². The molecule has 15 heavy (non-hydrogen) atoms. The summed E-state index contributed by atoms with van der Waals surface area (Å²) in [5.41, 5.74) is 8.75. The lowest BCUT2D eigenvalue weighted by molar-refractivity contribution is -0.142. The van der Waals surface area contributed by atoms with Crippen LogP contribution in [-0.4, -0.2) is 12.6 Å². The standard InChI is InChI=1S/C10H17N3O2/c1-3-5-6-7-9(12-13-11)8-10(14)15-4-2/h7H,3-6,8H2,1-2H3/b9-7+. The summed E-state index contributed by atoms with van der Waals surface area (Å²) in [4.78, 5) is 13.8. The Morgan fingerprint density at radius 3 is 2.80 bits per heavy atom. The molecule has 0 aliphatic rings. The van der Waals surface area contributed by atoms with Crippen LogP contribution in [0, 0.1) is 0 Å². The minimum atomic E-state index is -0.354. The zero-order chi connectivity index (χ0) is 11.5. The number of rotatable bonds is 7. The third-order valence-corrected chi connectivity index (χ3v) is 1.74. The maximum absolute atomic E-state index is 11.1. The van der Waals surface area contributed by atoms with Crippen molar-refractivity contribution < 1.29 is 9.53 Å². The van der Waals surface area contributed by atoms with Gasteiger partial charge in [0.25, 0.3) is 0 Å². The third-order valence-electron chi connectivity index (χ3n) is 1.74. The van der Waals surface area contributed by atoms with E-state index in [-0.39, 0.29) is 12.4 Å². The second-order valence-electron chi connectivity index (χ2n) is 3.01. The molecule has 0 saturated heterocycles. The fourth-order valence-corrected chi connectivity index (χ4v) is 1.04. The van der Waals surface area contributed by atoms with Gasteiger partial charge in [0, 0.05) is 10.6 Å². The number of azide groups is 1. The number of esters is 1. The lowest BCUT2D eigenvalue weighted by Crippen LogP contribution is -2.04. The molecule has 0 atom stereocenters. The van der Waals surface area contributed by atoms with E-state index in [4.69, 9.17) is 10.3 Å². The lowest BCUT2D eigenvalue weighted by Gasteiger charge is -2.01. The highest BCUT2D eigenvalue weighted by molar-refractivity contribution is 5.72. The van der Waals surface area contributed by atoms with E-state index in [0.717, 1.165) is 19.3 Å². The number of hydrogen-bond donors (Lipinski definition) is 0. The molecule has 0 aromatic heterocycles. The minimum absolute atomic E-state index is 0.0572. The van der Waals surface area contributed by atoms with Crippen molar-refractivity contribution in [1.29, 1.82) is 0 Å². The highest BCUT2D eigenvalue weighted by Crippen LogP contribution is 2.08. The first kappa shape index (κ1) is 13.5. The van der Waals surface area contributed by atoms with Crippen molar-refractivity contribution in [3.63, 3.8) is 0 Å². The van der Waals surface area contributed by atoms with E-state index in [0.29, 0.717) is 12.3 Å². The molecule has 0 aliphatic carbocycles. The van der Waals surface area contributed by atoms with Crippen LogP contribution in [0.5, 0.6) is 0 Å². The Balaban J connectivity index is 4.20. The zero-order valence-corrected chi connectivity index (χ0v) is 9.27. The van der Waals surface area contributed by atoms with Gasteiger partial charge in [0.15, 0.2) is 0 Å². The van der Waals surface area contributed by atoms with E-state index in [9.17, 15) is 4.79 Å². The van der Waals surface area contributed by atoms with Crippen LogP contribution < -0.4 is 0 Å². The summed E-state index contributed by atoms with van der Waals surface area (Å²) >= 11 is 0. The Labute approximate surface area is 89.7 Å². The quantitative estimate of drug-likeness (QED) is 0.213. The van der Waals surface area contributed by atoms with Crippen molar-refractivity contribution in [2.45, 2.75) is 39.5 Å². The first-order valence-corrected chi connectivity index (χ1v) is 5.14. The van der Waals surface area contributed by atoms with Gasteiger partial charge in [-0.2, -0.15) is 0 Å². The molecule has 0 spiro atoms. The van der Waals surface area contributed by atoms with Crippen molar-refractivity contribution in [3.05, 3.63) is 22.2 Å². The number of carbonyl (C=O) groups is 1. The molecule has 0 radical (unpaired) electrons. The molecule has 0 saturated carbocycles. The highest BCUT2D eigenvalue weighted by atomic mass is 16.5. The third kappa shape index (κ3) is 7.58. The number of nitrogens with zero attached hydrogens (tertiary/aromatic N) is 3. The monoisotopic (exact) mass is 211 g/mol. The number of ether oxygens (including phenoxy) is 1. The van der Waals surface area contributed by atoms with E-state index < -0.39 is 0 Å². The summed E-state index contributed by atoms with van der Waals surface area (Å²) in [6, 6.07) is 0. The molecule has 84 valence electrons. The Morgan fingerprint density at radius 1 is 1.53 bits per heavy atom. The largest absolute Gasteiger partial charge is 0.466 e. The molecule has 0 aromatic carbocycles. The minimum Gasteiger partial charge on any atom is -0.466 e. The molecule has 0 aromatic rings. The topological polar surface area (TPSA) is 75.1 Å². The van der Waals surface area contributed by atoms with Crippen molar-refractivity contribution in [3.8, 4) is 0 Å². The maximum atomic E-state index is 11.1. The number of carbonyl (C=O) groups excluding carboxylic acids is 1. The van der Waals surface area contributed by atoms with Gasteiger partial charge >= 0.3 is 5.97 Å². The van der Waals surface area contributed by atoms with Crippen LogP contribution in [0.25, 0.3) is 10.4 Å². The smallest absolute Gasteiger partial charge is 0.310 e. The van der Waals surface area contributed by atoms with Gasteiger partial charge in [0.2, 0.25) is 0 Å². The molecule has 0 rings (SSSR count). The van der Waals surface area contributed by atoms with Gasteiger partial charge in [-0.15, -0.1) is 0 Å². The molecular formula is C10H17N3O2.